The fraction of sp³-hybridized carbons (Fsp3) is 0.944. The van der Waals surface area contributed by atoms with E-state index < -0.39 is 0 Å². The van der Waals surface area contributed by atoms with Gasteiger partial charge in [-0.3, -0.25) is 4.79 Å². The number of nitrogens with zero attached hydrogens (tertiary/aromatic N) is 1. The lowest BCUT2D eigenvalue weighted by atomic mass is 9.91. The first kappa shape index (κ1) is 16.8. The van der Waals surface area contributed by atoms with E-state index >= 15 is 0 Å². The summed E-state index contributed by atoms with van der Waals surface area (Å²) in [4.78, 5) is 14.4. The average Bonchev–Trinajstić information content (AvgIpc) is 2.61. The predicted molar refractivity (Wildman–Crippen MR) is 88.2 cm³/mol. The molecule has 21 heavy (non-hydrogen) atoms. The number of rotatable bonds is 2. The Morgan fingerprint density at radius 3 is 2.14 bits per heavy atom. The van der Waals surface area contributed by atoms with E-state index in [1.54, 1.807) is 0 Å². The van der Waals surface area contributed by atoms with E-state index in [4.69, 9.17) is 0 Å². The number of hydrogen-bond acceptors (Lipinski definition) is 2. The summed E-state index contributed by atoms with van der Waals surface area (Å²) >= 11 is 0. The topological polar surface area (TPSA) is 32.3 Å². The summed E-state index contributed by atoms with van der Waals surface area (Å²) in [5.74, 6) is 1.07. The van der Waals surface area contributed by atoms with Crippen LogP contribution in [0.5, 0.6) is 0 Å². The molecule has 0 aromatic carbocycles. The van der Waals surface area contributed by atoms with Crippen molar-refractivity contribution in [3.8, 4) is 0 Å². The van der Waals surface area contributed by atoms with E-state index in [2.05, 4.69) is 31.0 Å². The lowest BCUT2D eigenvalue weighted by molar-refractivity contribution is -0.140. The Kier molecular flexibility index (Phi) is 4.72. The van der Waals surface area contributed by atoms with Crippen molar-refractivity contribution in [3.63, 3.8) is 0 Å². The van der Waals surface area contributed by atoms with Gasteiger partial charge in [-0.25, -0.2) is 0 Å². The van der Waals surface area contributed by atoms with Crippen molar-refractivity contribution in [3.05, 3.63) is 0 Å². The van der Waals surface area contributed by atoms with Crippen LogP contribution in [0.15, 0.2) is 0 Å². The van der Waals surface area contributed by atoms with Gasteiger partial charge in [0.05, 0.1) is 0 Å². The maximum absolute atomic E-state index is 12.3. The van der Waals surface area contributed by atoms with Gasteiger partial charge in [0.1, 0.15) is 0 Å². The molecule has 1 amide bonds. The molecule has 2 unspecified atom stereocenters. The van der Waals surface area contributed by atoms with Crippen molar-refractivity contribution in [1.82, 2.24) is 10.2 Å². The molecule has 1 aliphatic carbocycles. The molecule has 122 valence electrons. The second kappa shape index (κ2) is 5.91. The molecule has 0 aromatic heterocycles. The van der Waals surface area contributed by atoms with Crippen LogP contribution in [-0.4, -0.2) is 36.0 Å². The summed E-state index contributed by atoms with van der Waals surface area (Å²) < 4.78 is 0. The Morgan fingerprint density at radius 2 is 1.71 bits per heavy atom. The molecule has 2 rings (SSSR count). The second-order valence-electron chi connectivity index (χ2n) is 9.14. The van der Waals surface area contributed by atoms with Crippen LogP contribution in [0, 0.1) is 16.7 Å². The summed E-state index contributed by atoms with van der Waals surface area (Å²) in [6.45, 7) is 15.0. The number of hydrogen-bond donors (Lipinski definition) is 1. The molecule has 3 nitrogen and oxygen atoms in total. The highest BCUT2D eigenvalue weighted by molar-refractivity contribution is 5.81. The van der Waals surface area contributed by atoms with Crippen molar-refractivity contribution in [2.24, 2.45) is 16.7 Å². The van der Waals surface area contributed by atoms with Gasteiger partial charge in [0.2, 0.25) is 5.91 Å². The van der Waals surface area contributed by atoms with Gasteiger partial charge < -0.3 is 10.2 Å². The number of piperidine rings is 1. The fourth-order valence-corrected chi connectivity index (χ4v) is 4.14. The van der Waals surface area contributed by atoms with Crippen LogP contribution in [0.1, 0.15) is 67.2 Å². The van der Waals surface area contributed by atoms with Gasteiger partial charge in [-0.2, -0.15) is 0 Å². The van der Waals surface area contributed by atoms with E-state index in [9.17, 15) is 4.79 Å². The highest BCUT2D eigenvalue weighted by Crippen LogP contribution is 2.41. The van der Waals surface area contributed by atoms with Crippen molar-refractivity contribution >= 4 is 5.91 Å². The molecule has 2 atom stereocenters. The Balaban J connectivity index is 1.81. The first-order valence-corrected chi connectivity index (χ1v) is 8.64. The van der Waals surface area contributed by atoms with Gasteiger partial charge in [-0.15, -0.1) is 0 Å². The molecule has 3 heteroatoms. The average molecular weight is 294 g/mol. The number of nitrogens with one attached hydrogen (secondary N) is 1. The molecule has 2 aliphatic rings. The SMILES string of the molecule is CC1CC(C)(C)CC1NC1CCN(C(=O)C(C)(C)C)CC1. The normalized spacial score (nSPS) is 30.7. The molecular weight excluding hydrogens is 260 g/mol. The zero-order chi connectivity index (χ0) is 15.8. The predicted octanol–water partition coefficient (Wildman–Crippen LogP) is 3.44. The third kappa shape index (κ3) is 4.21. The van der Waals surface area contributed by atoms with Crippen molar-refractivity contribution in [2.45, 2.75) is 79.3 Å². The van der Waals surface area contributed by atoms with Crippen LogP contribution in [0.4, 0.5) is 0 Å². The maximum atomic E-state index is 12.3. The molecule has 1 N–H and O–H groups in total. The van der Waals surface area contributed by atoms with E-state index in [-0.39, 0.29) is 5.41 Å². The minimum Gasteiger partial charge on any atom is -0.342 e. The van der Waals surface area contributed by atoms with Crippen LogP contribution in [0.2, 0.25) is 0 Å². The third-order valence-corrected chi connectivity index (χ3v) is 5.21. The molecule has 0 aromatic rings. The molecule has 1 heterocycles. The summed E-state index contributed by atoms with van der Waals surface area (Å²) in [5, 5.41) is 3.88. The van der Waals surface area contributed by atoms with Crippen LogP contribution in [-0.2, 0) is 4.79 Å². The Bertz CT molecular complexity index is 375. The zero-order valence-corrected chi connectivity index (χ0v) is 14.8. The Labute approximate surface area is 130 Å². The smallest absolute Gasteiger partial charge is 0.227 e. The number of amides is 1. The highest BCUT2D eigenvalue weighted by atomic mass is 16.2. The number of likely N-dealkylation sites (tertiary alicyclic amines) is 1. The van der Waals surface area contributed by atoms with E-state index in [1.807, 2.05) is 20.8 Å². The quantitative estimate of drug-likeness (QED) is 0.846. The third-order valence-electron chi connectivity index (χ3n) is 5.21. The summed E-state index contributed by atoms with van der Waals surface area (Å²) in [6, 6.07) is 1.25. The lowest BCUT2D eigenvalue weighted by Crippen LogP contribution is -2.50. The second-order valence-corrected chi connectivity index (χ2v) is 9.14. The summed E-state index contributed by atoms with van der Waals surface area (Å²) in [5.41, 5.74) is 0.240. The van der Waals surface area contributed by atoms with Crippen LogP contribution < -0.4 is 5.32 Å². The van der Waals surface area contributed by atoms with Gasteiger partial charge in [-0.05, 0) is 37.0 Å². The molecular formula is C18H34N2O. The molecule has 0 radical (unpaired) electrons. The van der Waals surface area contributed by atoms with Crippen molar-refractivity contribution < 1.29 is 4.79 Å². The molecule has 2 fully saturated rings. The minimum absolute atomic E-state index is 0.246. The van der Waals surface area contributed by atoms with Gasteiger partial charge in [0.25, 0.3) is 0 Å². The molecule has 0 bridgehead atoms. The van der Waals surface area contributed by atoms with Gasteiger partial charge in [0, 0.05) is 30.6 Å². The Morgan fingerprint density at radius 1 is 1.14 bits per heavy atom. The van der Waals surface area contributed by atoms with Gasteiger partial charge >= 0.3 is 0 Å². The molecule has 0 spiro atoms. The standard InChI is InChI=1S/C18H34N2O/c1-13-11-18(5,6)12-15(13)19-14-7-9-20(10-8-14)16(21)17(2,3)4/h13-15,19H,7-12H2,1-6H3. The van der Waals surface area contributed by atoms with E-state index in [1.165, 1.54) is 12.8 Å². The maximum Gasteiger partial charge on any atom is 0.227 e. The molecule has 1 aliphatic heterocycles. The van der Waals surface area contributed by atoms with Crippen molar-refractivity contribution in [2.75, 3.05) is 13.1 Å². The zero-order valence-electron chi connectivity index (χ0n) is 14.8. The first-order chi connectivity index (χ1) is 9.58. The highest BCUT2D eigenvalue weighted by Gasteiger charge is 2.38. The Hall–Kier alpha value is -0.570. The molecule has 1 saturated carbocycles. The number of carbonyl (C=O) groups excluding carboxylic acids is 1. The summed E-state index contributed by atoms with van der Waals surface area (Å²) in [6.07, 6.45) is 4.82. The van der Waals surface area contributed by atoms with Crippen LogP contribution >= 0.6 is 0 Å². The monoisotopic (exact) mass is 294 g/mol. The number of carbonyl (C=O) groups is 1. The lowest BCUT2D eigenvalue weighted by Gasteiger charge is -2.37. The van der Waals surface area contributed by atoms with Crippen molar-refractivity contribution in [1.29, 1.82) is 0 Å². The largest absolute Gasteiger partial charge is 0.342 e. The van der Waals surface area contributed by atoms with E-state index in [0.717, 1.165) is 31.8 Å². The first-order valence-electron chi connectivity index (χ1n) is 8.64. The minimum atomic E-state index is -0.246. The van der Waals surface area contributed by atoms with Gasteiger partial charge in [0.15, 0.2) is 0 Å². The van der Waals surface area contributed by atoms with Crippen LogP contribution in [0.25, 0.3) is 0 Å². The van der Waals surface area contributed by atoms with E-state index in [0.29, 0.717) is 23.4 Å². The van der Waals surface area contributed by atoms with Gasteiger partial charge in [-0.1, -0.05) is 41.5 Å². The van der Waals surface area contributed by atoms with Crippen LogP contribution in [0.3, 0.4) is 0 Å². The molecule has 1 saturated heterocycles. The fourth-order valence-electron chi connectivity index (χ4n) is 4.14. The summed E-state index contributed by atoms with van der Waals surface area (Å²) in [7, 11) is 0.